The van der Waals surface area contributed by atoms with E-state index in [0.717, 1.165) is 6.07 Å². The van der Waals surface area contributed by atoms with Crippen molar-refractivity contribution in [3.63, 3.8) is 0 Å². The molecule has 132 valence electrons. The van der Waals surface area contributed by atoms with Gasteiger partial charge in [0.05, 0.1) is 6.04 Å². The maximum atomic E-state index is 14.0. The van der Waals surface area contributed by atoms with Crippen molar-refractivity contribution in [2.75, 3.05) is 6.61 Å². The zero-order valence-electron chi connectivity index (χ0n) is 13.1. The van der Waals surface area contributed by atoms with Crippen LogP contribution in [0, 0.1) is 11.6 Å². The molecule has 0 radical (unpaired) electrons. The number of rotatable bonds is 5. The first-order valence-electron chi connectivity index (χ1n) is 6.68. The van der Waals surface area contributed by atoms with Crippen LogP contribution in [0.2, 0.25) is 0 Å². The summed E-state index contributed by atoms with van der Waals surface area (Å²) in [5.74, 6) is -2.90. The molecule has 1 unspecified atom stereocenters. The lowest BCUT2D eigenvalue weighted by molar-refractivity contribution is -0.153. The average molecular weight is 359 g/mol. The molecule has 0 bridgehead atoms. The summed E-state index contributed by atoms with van der Waals surface area (Å²) in [6, 6.07) is 0.480. The van der Waals surface area contributed by atoms with Crippen LogP contribution in [0.4, 0.5) is 22.0 Å². The molecule has 9 heteroatoms. The number of nitrogens with one attached hydrogen (secondary N) is 1. The molecule has 1 rings (SSSR count). The third kappa shape index (κ3) is 6.15. The van der Waals surface area contributed by atoms with E-state index >= 15 is 0 Å². The molecule has 3 nitrogen and oxygen atoms in total. The number of hydrogen-bond donors (Lipinski definition) is 1. The van der Waals surface area contributed by atoms with Crippen LogP contribution in [0.1, 0.15) is 39.3 Å². The molecule has 1 N–H and O–H groups in total. The highest BCUT2D eigenvalue weighted by Crippen LogP contribution is 2.28. The lowest BCUT2D eigenvalue weighted by Gasteiger charge is -2.26. The van der Waals surface area contributed by atoms with Gasteiger partial charge in [0, 0.05) is 23.0 Å². The molecule has 0 saturated heterocycles. The quantitative estimate of drug-likeness (QED) is 0.638. The second-order valence-electron chi connectivity index (χ2n) is 5.93. The highest BCUT2D eigenvalue weighted by Gasteiger charge is 2.31. The highest BCUT2D eigenvalue weighted by atomic mass is 32.2. The van der Waals surface area contributed by atoms with Crippen LogP contribution in [-0.2, 0) is 11.4 Å². The van der Waals surface area contributed by atoms with Crippen LogP contribution in [0.25, 0.3) is 0 Å². The molecular formula is C14H18F5NO2S. The Morgan fingerprint density at radius 3 is 2.22 bits per heavy atom. The maximum Gasteiger partial charge on any atom is 0.422 e. The molecule has 0 fully saturated rings. The van der Waals surface area contributed by atoms with Crippen LogP contribution in [0.5, 0.6) is 5.75 Å². The van der Waals surface area contributed by atoms with Crippen molar-refractivity contribution >= 4 is 11.4 Å². The second-order valence-corrected chi connectivity index (χ2v) is 7.93. The van der Waals surface area contributed by atoms with E-state index in [0.29, 0.717) is 6.07 Å². The predicted octanol–water partition coefficient (Wildman–Crippen LogP) is 4.02. The zero-order valence-corrected chi connectivity index (χ0v) is 13.9. The molecule has 23 heavy (non-hydrogen) atoms. The van der Waals surface area contributed by atoms with Crippen molar-refractivity contribution in [2.45, 2.75) is 44.7 Å². The number of ether oxygens (including phenoxy) is 1. The van der Waals surface area contributed by atoms with Gasteiger partial charge in [-0.2, -0.15) is 13.2 Å². The fraction of sp³-hybridized carbons (Fsp3) is 0.571. The molecule has 1 aromatic rings. The van der Waals surface area contributed by atoms with Crippen molar-refractivity contribution in [1.82, 2.24) is 4.72 Å². The van der Waals surface area contributed by atoms with Gasteiger partial charge >= 0.3 is 6.18 Å². The fourth-order valence-electron chi connectivity index (χ4n) is 1.55. The van der Waals surface area contributed by atoms with Gasteiger partial charge in [0.2, 0.25) is 0 Å². The van der Waals surface area contributed by atoms with E-state index in [1.54, 1.807) is 20.8 Å². The molecule has 0 aliphatic carbocycles. The maximum absolute atomic E-state index is 14.0. The topological polar surface area (TPSA) is 44.3 Å². The summed E-state index contributed by atoms with van der Waals surface area (Å²) < 4.78 is 82.1. The van der Waals surface area contributed by atoms with E-state index in [-0.39, 0.29) is 5.56 Å². The summed E-state index contributed by atoms with van der Waals surface area (Å²) in [6.07, 6.45) is -4.65. The predicted molar refractivity (Wildman–Crippen MR) is 77.4 cm³/mol. The van der Waals surface area contributed by atoms with Gasteiger partial charge in [-0.05, 0) is 33.8 Å². The Balaban J connectivity index is 2.91. The van der Waals surface area contributed by atoms with E-state index in [1.165, 1.54) is 6.92 Å². The summed E-state index contributed by atoms with van der Waals surface area (Å²) in [5.41, 5.74) is -0.153. The minimum Gasteiger partial charge on any atom is -0.598 e. The van der Waals surface area contributed by atoms with Crippen LogP contribution < -0.4 is 9.46 Å². The zero-order chi connectivity index (χ0) is 18.0. The van der Waals surface area contributed by atoms with E-state index in [1.807, 2.05) is 0 Å². The normalized spacial score (nSPS) is 15.4. The first-order chi connectivity index (χ1) is 10.3. The van der Waals surface area contributed by atoms with E-state index in [2.05, 4.69) is 9.46 Å². The Bertz CT molecular complexity index is 545. The molecule has 0 heterocycles. The minimum absolute atomic E-state index is 0.153. The highest BCUT2D eigenvalue weighted by molar-refractivity contribution is 7.90. The molecule has 0 saturated carbocycles. The monoisotopic (exact) mass is 359 g/mol. The number of alkyl halides is 3. The molecule has 0 amide bonds. The SMILES string of the molecule is C[C@H](N[S+]([O-])C(C)(C)C)c1cc(F)c(OCC(F)(F)F)cc1F. The molecule has 2 atom stereocenters. The standard InChI is InChI=1S/C14H18F5NO2S/c1-8(20-23(21)13(2,3)4)9-5-11(16)12(6-10(9)15)22-7-14(17,18)19/h5-6,8,20H,7H2,1-4H3/t8-,23?/m0/s1. The molecule has 1 aromatic carbocycles. The first-order valence-corrected chi connectivity index (χ1v) is 7.83. The van der Waals surface area contributed by atoms with Crippen molar-refractivity contribution in [3.05, 3.63) is 29.3 Å². The van der Waals surface area contributed by atoms with E-state index < -0.39 is 52.3 Å². The van der Waals surface area contributed by atoms with Gasteiger partial charge in [-0.25, -0.2) is 8.78 Å². The van der Waals surface area contributed by atoms with Crippen molar-refractivity contribution in [1.29, 1.82) is 0 Å². The smallest absolute Gasteiger partial charge is 0.422 e. The third-order valence-electron chi connectivity index (χ3n) is 2.75. The van der Waals surface area contributed by atoms with Gasteiger partial charge in [0.25, 0.3) is 0 Å². The Hall–Kier alpha value is -1.06. The largest absolute Gasteiger partial charge is 0.598 e. The Morgan fingerprint density at radius 1 is 1.17 bits per heavy atom. The summed E-state index contributed by atoms with van der Waals surface area (Å²) in [7, 11) is 0. The van der Waals surface area contributed by atoms with Crippen LogP contribution in [-0.4, -0.2) is 22.1 Å². The molecular weight excluding hydrogens is 341 g/mol. The van der Waals surface area contributed by atoms with Gasteiger partial charge < -0.3 is 9.29 Å². The Morgan fingerprint density at radius 2 is 1.74 bits per heavy atom. The van der Waals surface area contributed by atoms with Crippen LogP contribution in [0.3, 0.4) is 0 Å². The van der Waals surface area contributed by atoms with Crippen molar-refractivity contribution in [2.24, 2.45) is 0 Å². The van der Waals surface area contributed by atoms with E-state index in [4.69, 9.17) is 0 Å². The number of benzene rings is 1. The van der Waals surface area contributed by atoms with Crippen LogP contribution in [0.15, 0.2) is 12.1 Å². The van der Waals surface area contributed by atoms with Gasteiger partial charge in [0.15, 0.2) is 18.2 Å². The second kappa shape index (κ2) is 7.23. The fourth-order valence-corrected chi connectivity index (χ4v) is 2.35. The molecule has 0 aliphatic rings. The lowest BCUT2D eigenvalue weighted by atomic mass is 10.1. The average Bonchev–Trinajstić information content (AvgIpc) is 2.37. The summed E-state index contributed by atoms with van der Waals surface area (Å²) >= 11 is -1.52. The Labute approximate surface area is 134 Å². The first kappa shape index (κ1) is 20.0. The Kier molecular flexibility index (Phi) is 6.28. The van der Waals surface area contributed by atoms with Gasteiger partial charge in [0.1, 0.15) is 10.6 Å². The summed E-state index contributed by atoms with van der Waals surface area (Å²) in [4.78, 5) is 0. The van der Waals surface area contributed by atoms with Gasteiger partial charge in [-0.15, -0.1) is 4.72 Å². The van der Waals surface area contributed by atoms with Gasteiger partial charge in [-0.1, -0.05) is 0 Å². The lowest BCUT2D eigenvalue weighted by Crippen LogP contribution is -2.40. The minimum atomic E-state index is -4.65. The van der Waals surface area contributed by atoms with Crippen molar-refractivity contribution < 1.29 is 31.2 Å². The van der Waals surface area contributed by atoms with Crippen molar-refractivity contribution in [3.8, 4) is 5.75 Å². The summed E-state index contributed by atoms with van der Waals surface area (Å²) in [5, 5.41) is 0. The third-order valence-corrected chi connectivity index (χ3v) is 4.43. The van der Waals surface area contributed by atoms with E-state index in [9.17, 15) is 26.5 Å². The molecule has 0 aliphatic heterocycles. The molecule has 0 spiro atoms. The summed E-state index contributed by atoms with van der Waals surface area (Å²) in [6.45, 7) is 4.86. The molecule has 0 aromatic heterocycles. The number of halogens is 5. The number of hydrogen-bond acceptors (Lipinski definition) is 3. The van der Waals surface area contributed by atoms with Crippen LogP contribution >= 0.6 is 0 Å². The van der Waals surface area contributed by atoms with Gasteiger partial charge in [-0.3, -0.25) is 0 Å².